The fraction of sp³-hybridized carbons (Fsp3) is 0.154. The Labute approximate surface area is 108 Å². The number of rotatable bonds is 1. The second kappa shape index (κ2) is 3.86. The molecule has 3 rings (SSSR count). The topological polar surface area (TPSA) is 26.0 Å². The molecule has 0 saturated carbocycles. The van der Waals surface area contributed by atoms with Gasteiger partial charge in [-0.3, -0.25) is 0 Å². The summed E-state index contributed by atoms with van der Waals surface area (Å²) in [6, 6.07) is 7.80. The number of aromatic nitrogens is 1. The van der Waals surface area contributed by atoms with Crippen molar-refractivity contribution >= 4 is 33.2 Å². The van der Waals surface area contributed by atoms with Crippen molar-refractivity contribution in [3.63, 3.8) is 0 Å². The molecule has 3 aromatic rings. The van der Waals surface area contributed by atoms with E-state index in [-0.39, 0.29) is 0 Å². The first kappa shape index (κ1) is 10.8. The van der Waals surface area contributed by atoms with Gasteiger partial charge in [0.15, 0.2) is 16.0 Å². The monoisotopic (exact) mass is 263 g/mol. The van der Waals surface area contributed by atoms with Gasteiger partial charge in [-0.05, 0) is 48.7 Å². The van der Waals surface area contributed by atoms with Crippen molar-refractivity contribution in [1.29, 1.82) is 0 Å². The Balaban J connectivity index is 2.26. The van der Waals surface area contributed by atoms with Crippen molar-refractivity contribution in [2.24, 2.45) is 0 Å². The summed E-state index contributed by atoms with van der Waals surface area (Å²) in [5.41, 5.74) is 3.48. The van der Waals surface area contributed by atoms with Crippen LogP contribution in [0.5, 0.6) is 0 Å². The number of hydrogen-bond acceptors (Lipinski definition) is 3. The summed E-state index contributed by atoms with van der Waals surface area (Å²) in [6.45, 7) is 4.17. The fourth-order valence-electron chi connectivity index (χ4n) is 1.79. The van der Waals surface area contributed by atoms with Gasteiger partial charge in [0, 0.05) is 0 Å². The van der Waals surface area contributed by atoms with Gasteiger partial charge in [0.05, 0.1) is 10.2 Å². The largest absolute Gasteiger partial charge is 0.442 e. The van der Waals surface area contributed by atoms with Crippen LogP contribution in [0.2, 0.25) is 5.22 Å². The zero-order chi connectivity index (χ0) is 12.0. The van der Waals surface area contributed by atoms with Gasteiger partial charge in [0.1, 0.15) is 0 Å². The Morgan fingerprint density at radius 1 is 1.12 bits per heavy atom. The van der Waals surface area contributed by atoms with Crippen LogP contribution in [0.4, 0.5) is 0 Å². The first-order valence-corrected chi connectivity index (χ1v) is 6.47. The molecule has 2 nitrogen and oxygen atoms in total. The molecule has 4 heteroatoms. The van der Waals surface area contributed by atoms with Crippen LogP contribution in [-0.2, 0) is 0 Å². The SMILES string of the molecule is Cc1ccc(C)c2sc(-c3ccc(Cl)o3)nc12. The van der Waals surface area contributed by atoms with Crippen molar-refractivity contribution < 1.29 is 4.42 Å². The van der Waals surface area contributed by atoms with Gasteiger partial charge in [0.25, 0.3) is 0 Å². The molecular formula is C13H10ClNOS. The van der Waals surface area contributed by atoms with Crippen LogP contribution in [0.25, 0.3) is 21.0 Å². The molecule has 2 heterocycles. The summed E-state index contributed by atoms with van der Waals surface area (Å²) >= 11 is 7.42. The summed E-state index contributed by atoms with van der Waals surface area (Å²) in [4.78, 5) is 4.62. The fourth-order valence-corrected chi connectivity index (χ4v) is 3.01. The van der Waals surface area contributed by atoms with E-state index < -0.39 is 0 Å². The third-order valence-electron chi connectivity index (χ3n) is 2.73. The minimum absolute atomic E-state index is 0.396. The number of halogens is 1. The molecule has 0 unspecified atom stereocenters. The quantitative estimate of drug-likeness (QED) is 0.629. The van der Waals surface area contributed by atoms with Crippen molar-refractivity contribution in [1.82, 2.24) is 4.98 Å². The molecule has 0 saturated heterocycles. The van der Waals surface area contributed by atoms with Crippen LogP contribution >= 0.6 is 22.9 Å². The molecule has 0 spiro atoms. The lowest BCUT2D eigenvalue weighted by molar-refractivity contribution is 0.584. The van der Waals surface area contributed by atoms with Gasteiger partial charge < -0.3 is 4.42 Å². The summed E-state index contributed by atoms with van der Waals surface area (Å²) in [7, 11) is 0. The van der Waals surface area contributed by atoms with E-state index in [1.165, 1.54) is 15.8 Å². The predicted molar refractivity (Wildman–Crippen MR) is 71.8 cm³/mol. The second-order valence-electron chi connectivity index (χ2n) is 4.00. The summed E-state index contributed by atoms with van der Waals surface area (Å²) in [5.74, 6) is 0.731. The first-order chi connectivity index (χ1) is 8.15. The maximum Gasteiger partial charge on any atom is 0.194 e. The Hall–Kier alpha value is -1.32. The standard InChI is InChI=1S/C13H10ClNOS/c1-7-3-4-8(2)12-11(7)15-13(17-12)9-5-6-10(14)16-9/h3-6H,1-2H3. The average Bonchev–Trinajstić information content (AvgIpc) is 2.90. The zero-order valence-corrected chi connectivity index (χ0v) is 11.0. The van der Waals surface area contributed by atoms with E-state index in [0.717, 1.165) is 16.3 Å². The Morgan fingerprint density at radius 3 is 2.53 bits per heavy atom. The number of aryl methyl sites for hydroxylation is 2. The van der Waals surface area contributed by atoms with E-state index in [9.17, 15) is 0 Å². The van der Waals surface area contributed by atoms with E-state index in [4.69, 9.17) is 16.0 Å². The van der Waals surface area contributed by atoms with Crippen LogP contribution in [0.3, 0.4) is 0 Å². The van der Waals surface area contributed by atoms with Crippen molar-refractivity contribution in [3.8, 4) is 10.8 Å². The molecule has 0 aliphatic carbocycles. The average molecular weight is 264 g/mol. The highest BCUT2D eigenvalue weighted by molar-refractivity contribution is 7.21. The van der Waals surface area contributed by atoms with E-state index in [1.807, 2.05) is 6.07 Å². The lowest BCUT2D eigenvalue weighted by atomic mass is 10.1. The third kappa shape index (κ3) is 1.75. The van der Waals surface area contributed by atoms with Gasteiger partial charge in [-0.25, -0.2) is 4.98 Å². The molecule has 0 aliphatic heterocycles. The molecule has 0 radical (unpaired) electrons. The Kier molecular flexibility index (Phi) is 2.45. The normalized spacial score (nSPS) is 11.2. The highest BCUT2D eigenvalue weighted by atomic mass is 35.5. The number of furan rings is 1. The van der Waals surface area contributed by atoms with Crippen LogP contribution in [0, 0.1) is 13.8 Å². The van der Waals surface area contributed by atoms with Crippen molar-refractivity contribution in [2.75, 3.05) is 0 Å². The smallest absolute Gasteiger partial charge is 0.194 e. The number of nitrogens with zero attached hydrogens (tertiary/aromatic N) is 1. The lowest BCUT2D eigenvalue weighted by Crippen LogP contribution is -1.78. The molecule has 0 atom stereocenters. The summed E-state index contributed by atoms with van der Waals surface area (Å²) in [5, 5.41) is 1.28. The van der Waals surface area contributed by atoms with Crippen molar-refractivity contribution in [2.45, 2.75) is 13.8 Å². The van der Waals surface area contributed by atoms with Gasteiger partial charge in [-0.15, -0.1) is 11.3 Å². The van der Waals surface area contributed by atoms with Gasteiger partial charge in [-0.2, -0.15) is 0 Å². The van der Waals surface area contributed by atoms with Gasteiger partial charge in [0.2, 0.25) is 0 Å². The third-order valence-corrected chi connectivity index (χ3v) is 4.13. The van der Waals surface area contributed by atoms with Crippen LogP contribution in [0.1, 0.15) is 11.1 Å². The lowest BCUT2D eigenvalue weighted by Gasteiger charge is -1.96. The van der Waals surface area contributed by atoms with E-state index in [0.29, 0.717) is 5.22 Å². The zero-order valence-electron chi connectivity index (χ0n) is 9.45. The van der Waals surface area contributed by atoms with Crippen LogP contribution < -0.4 is 0 Å². The molecule has 0 N–H and O–H groups in total. The number of benzene rings is 1. The molecule has 17 heavy (non-hydrogen) atoms. The predicted octanol–water partition coefficient (Wildman–Crippen LogP) is 4.83. The Bertz CT molecular complexity index is 660. The summed E-state index contributed by atoms with van der Waals surface area (Å²) in [6.07, 6.45) is 0. The number of thiazole rings is 1. The molecule has 2 aromatic heterocycles. The van der Waals surface area contributed by atoms with Crippen LogP contribution in [0.15, 0.2) is 28.7 Å². The highest BCUT2D eigenvalue weighted by Crippen LogP contribution is 2.35. The molecule has 0 aliphatic rings. The molecule has 0 bridgehead atoms. The van der Waals surface area contributed by atoms with Crippen molar-refractivity contribution in [3.05, 3.63) is 40.6 Å². The molecule has 0 amide bonds. The summed E-state index contributed by atoms with van der Waals surface area (Å²) < 4.78 is 6.61. The maximum absolute atomic E-state index is 5.78. The second-order valence-corrected chi connectivity index (χ2v) is 5.37. The molecule has 1 aromatic carbocycles. The Morgan fingerprint density at radius 2 is 1.88 bits per heavy atom. The van der Waals surface area contributed by atoms with Gasteiger partial charge >= 0.3 is 0 Å². The first-order valence-electron chi connectivity index (χ1n) is 5.27. The van der Waals surface area contributed by atoms with E-state index in [1.54, 1.807) is 17.4 Å². The molecular weight excluding hydrogens is 254 g/mol. The van der Waals surface area contributed by atoms with E-state index >= 15 is 0 Å². The number of hydrogen-bond donors (Lipinski definition) is 0. The van der Waals surface area contributed by atoms with Crippen LogP contribution in [-0.4, -0.2) is 4.98 Å². The maximum atomic E-state index is 5.78. The van der Waals surface area contributed by atoms with E-state index in [2.05, 4.69) is 31.0 Å². The number of fused-ring (bicyclic) bond motifs is 1. The molecule has 86 valence electrons. The molecule has 0 fully saturated rings. The van der Waals surface area contributed by atoms with Gasteiger partial charge in [-0.1, -0.05) is 12.1 Å². The minimum Gasteiger partial charge on any atom is -0.442 e. The highest BCUT2D eigenvalue weighted by Gasteiger charge is 2.12. The minimum atomic E-state index is 0.396.